The van der Waals surface area contributed by atoms with Gasteiger partial charge in [0, 0.05) is 5.92 Å². The van der Waals surface area contributed by atoms with Crippen LogP contribution in [0.15, 0.2) is 34.9 Å². The second-order valence-electron chi connectivity index (χ2n) is 6.01. The van der Waals surface area contributed by atoms with E-state index in [1.165, 1.54) is 19.3 Å². The summed E-state index contributed by atoms with van der Waals surface area (Å²) in [5.74, 6) is 2.67. The Labute approximate surface area is 125 Å². The SMILES string of the molecule is CCC1CCC(c2noc([C@H](N)c3ccccc3)n2)CC1. The number of hydrogen-bond acceptors (Lipinski definition) is 4. The smallest absolute Gasteiger partial charge is 0.248 e. The monoisotopic (exact) mass is 285 g/mol. The lowest BCUT2D eigenvalue weighted by Crippen LogP contribution is -2.15. The summed E-state index contributed by atoms with van der Waals surface area (Å²) in [6, 6.07) is 9.56. The number of aromatic nitrogens is 2. The van der Waals surface area contributed by atoms with E-state index >= 15 is 0 Å². The maximum atomic E-state index is 6.21. The molecule has 2 N–H and O–H groups in total. The van der Waals surface area contributed by atoms with E-state index < -0.39 is 0 Å². The highest BCUT2D eigenvalue weighted by molar-refractivity contribution is 5.23. The van der Waals surface area contributed by atoms with Crippen LogP contribution in [-0.2, 0) is 0 Å². The summed E-state index contributed by atoms with van der Waals surface area (Å²) in [5, 5.41) is 4.17. The standard InChI is InChI=1S/C17H23N3O/c1-2-12-8-10-14(11-9-12)16-19-17(21-20-16)15(18)13-6-4-3-5-7-13/h3-7,12,14-15H,2,8-11,18H2,1H3/t12?,14?,15-/m1/s1. The molecule has 21 heavy (non-hydrogen) atoms. The third kappa shape index (κ3) is 3.16. The van der Waals surface area contributed by atoms with Crippen LogP contribution in [0.2, 0.25) is 0 Å². The van der Waals surface area contributed by atoms with E-state index in [0.29, 0.717) is 11.8 Å². The second-order valence-corrected chi connectivity index (χ2v) is 6.01. The lowest BCUT2D eigenvalue weighted by Gasteiger charge is -2.25. The van der Waals surface area contributed by atoms with Gasteiger partial charge in [-0.15, -0.1) is 0 Å². The van der Waals surface area contributed by atoms with Crippen molar-refractivity contribution >= 4 is 0 Å². The number of nitrogens with zero attached hydrogens (tertiary/aromatic N) is 2. The second kappa shape index (κ2) is 6.39. The van der Waals surface area contributed by atoms with Gasteiger partial charge in [-0.25, -0.2) is 0 Å². The summed E-state index contributed by atoms with van der Waals surface area (Å²) in [6.07, 6.45) is 6.16. The van der Waals surface area contributed by atoms with Gasteiger partial charge in [-0.05, 0) is 37.2 Å². The highest BCUT2D eigenvalue weighted by Crippen LogP contribution is 2.36. The minimum atomic E-state index is -0.334. The Kier molecular flexibility index (Phi) is 4.34. The van der Waals surface area contributed by atoms with Crippen LogP contribution in [0, 0.1) is 5.92 Å². The first-order valence-corrected chi connectivity index (χ1v) is 7.92. The van der Waals surface area contributed by atoms with Crippen LogP contribution in [0.25, 0.3) is 0 Å². The summed E-state index contributed by atoms with van der Waals surface area (Å²) in [7, 11) is 0. The van der Waals surface area contributed by atoms with Crippen molar-refractivity contribution in [3.8, 4) is 0 Å². The van der Waals surface area contributed by atoms with Crippen molar-refractivity contribution in [2.75, 3.05) is 0 Å². The van der Waals surface area contributed by atoms with E-state index in [0.717, 1.165) is 30.1 Å². The fourth-order valence-electron chi connectivity index (χ4n) is 3.17. The molecule has 0 aliphatic heterocycles. The van der Waals surface area contributed by atoms with E-state index in [9.17, 15) is 0 Å². The van der Waals surface area contributed by atoms with E-state index in [2.05, 4.69) is 17.1 Å². The van der Waals surface area contributed by atoms with Gasteiger partial charge in [-0.3, -0.25) is 0 Å². The minimum Gasteiger partial charge on any atom is -0.337 e. The van der Waals surface area contributed by atoms with E-state index in [1.807, 2.05) is 30.3 Å². The van der Waals surface area contributed by atoms with E-state index in [4.69, 9.17) is 10.3 Å². The Morgan fingerprint density at radius 1 is 1.19 bits per heavy atom. The largest absolute Gasteiger partial charge is 0.337 e. The number of benzene rings is 1. The molecule has 0 unspecified atom stereocenters. The number of nitrogens with two attached hydrogens (primary N) is 1. The van der Waals surface area contributed by atoms with E-state index in [1.54, 1.807) is 0 Å². The van der Waals surface area contributed by atoms with Crippen molar-refractivity contribution in [2.24, 2.45) is 11.7 Å². The zero-order valence-corrected chi connectivity index (χ0v) is 12.5. The predicted octanol–water partition coefficient (Wildman–Crippen LogP) is 3.80. The molecule has 0 amide bonds. The molecule has 0 bridgehead atoms. The molecule has 112 valence electrons. The highest BCUT2D eigenvalue weighted by atomic mass is 16.5. The fraction of sp³-hybridized carbons (Fsp3) is 0.529. The quantitative estimate of drug-likeness (QED) is 0.928. The Morgan fingerprint density at radius 3 is 2.57 bits per heavy atom. The Balaban J connectivity index is 1.69. The Morgan fingerprint density at radius 2 is 1.90 bits per heavy atom. The van der Waals surface area contributed by atoms with Gasteiger partial charge in [0.25, 0.3) is 0 Å². The minimum absolute atomic E-state index is 0.334. The van der Waals surface area contributed by atoms with Gasteiger partial charge in [0.05, 0.1) is 0 Å². The molecule has 0 radical (unpaired) electrons. The number of hydrogen-bond donors (Lipinski definition) is 1. The van der Waals surface area contributed by atoms with Crippen molar-refractivity contribution in [1.82, 2.24) is 10.1 Å². The Bertz CT molecular complexity index is 558. The lowest BCUT2D eigenvalue weighted by atomic mass is 9.80. The van der Waals surface area contributed by atoms with Gasteiger partial charge in [0.1, 0.15) is 6.04 Å². The summed E-state index contributed by atoms with van der Waals surface area (Å²) in [5.41, 5.74) is 7.21. The molecule has 3 rings (SSSR count). The first-order valence-electron chi connectivity index (χ1n) is 7.92. The molecular formula is C17H23N3O. The fourth-order valence-corrected chi connectivity index (χ4v) is 3.17. The molecule has 1 heterocycles. The van der Waals surface area contributed by atoms with Gasteiger partial charge in [0.15, 0.2) is 5.82 Å². The molecule has 0 spiro atoms. The van der Waals surface area contributed by atoms with Crippen molar-refractivity contribution in [1.29, 1.82) is 0 Å². The van der Waals surface area contributed by atoms with Crippen LogP contribution >= 0.6 is 0 Å². The Hall–Kier alpha value is -1.68. The van der Waals surface area contributed by atoms with Gasteiger partial charge >= 0.3 is 0 Å². The summed E-state index contributed by atoms with van der Waals surface area (Å²) >= 11 is 0. The predicted molar refractivity (Wildman–Crippen MR) is 81.8 cm³/mol. The third-order valence-corrected chi connectivity index (χ3v) is 4.67. The van der Waals surface area contributed by atoms with Crippen LogP contribution in [-0.4, -0.2) is 10.1 Å². The maximum absolute atomic E-state index is 6.21. The van der Waals surface area contributed by atoms with Crippen LogP contribution < -0.4 is 5.73 Å². The highest BCUT2D eigenvalue weighted by Gasteiger charge is 2.26. The molecule has 1 aromatic heterocycles. The molecule has 1 aliphatic rings. The van der Waals surface area contributed by atoms with E-state index in [-0.39, 0.29) is 6.04 Å². The molecule has 4 heteroatoms. The zero-order valence-electron chi connectivity index (χ0n) is 12.5. The third-order valence-electron chi connectivity index (χ3n) is 4.67. The van der Waals surface area contributed by atoms with Crippen molar-refractivity contribution in [2.45, 2.75) is 51.0 Å². The number of rotatable bonds is 4. The topological polar surface area (TPSA) is 64.9 Å². The molecular weight excluding hydrogens is 262 g/mol. The van der Waals surface area contributed by atoms with Crippen molar-refractivity contribution in [3.63, 3.8) is 0 Å². The summed E-state index contributed by atoms with van der Waals surface area (Å²) in [4.78, 5) is 4.56. The average molecular weight is 285 g/mol. The molecule has 0 saturated heterocycles. The molecule has 1 fully saturated rings. The van der Waals surface area contributed by atoms with Crippen molar-refractivity contribution in [3.05, 3.63) is 47.6 Å². The maximum Gasteiger partial charge on any atom is 0.248 e. The molecule has 4 nitrogen and oxygen atoms in total. The summed E-state index contributed by atoms with van der Waals surface area (Å²) < 4.78 is 5.40. The molecule has 1 saturated carbocycles. The van der Waals surface area contributed by atoms with Gasteiger partial charge in [-0.2, -0.15) is 4.98 Å². The van der Waals surface area contributed by atoms with Gasteiger partial charge < -0.3 is 10.3 Å². The summed E-state index contributed by atoms with van der Waals surface area (Å²) in [6.45, 7) is 2.27. The normalized spacial score (nSPS) is 23.9. The van der Waals surface area contributed by atoms with Crippen LogP contribution in [0.3, 0.4) is 0 Å². The first kappa shape index (κ1) is 14.3. The first-order chi connectivity index (χ1) is 10.3. The zero-order chi connectivity index (χ0) is 14.7. The average Bonchev–Trinajstić information content (AvgIpc) is 3.05. The van der Waals surface area contributed by atoms with Gasteiger partial charge in [-0.1, -0.05) is 48.8 Å². The molecule has 2 aromatic rings. The lowest BCUT2D eigenvalue weighted by molar-refractivity contribution is 0.302. The molecule has 1 aliphatic carbocycles. The molecule has 1 aromatic carbocycles. The van der Waals surface area contributed by atoms with Crippen LogP contribution in [0.5, 0.6) is 0 Å². The van der Waals surface area contributed by atoms with Crippen molar-refractivity contribution < 1.29 is 4.52 Å². The van der Waals surface area contributed by atoms with Crippen LogP contribution in [0.4, 0.5) is 0 Å². The molecule has 1 atom stereocenters. The van der Waals surface area contributed by atoms with Gasteiger partial charge in [0.2, 0.25) is 5.89 Å². The van der Waals surface area contributed by atoms with Crippen LogP contribution in [0.1, 0.15) is 68.3 Å².